The van der Waals surface area contributed by atoms with Crippen LogP contribution in [0.15, 0.2) is 36.8 Å². The van der Waals surface area contributed by atoms with Gasteiger partial charge in [0.2, 0.25) is 0 Å². The van der Waals surface area contributed by atoms with Gasteiger partial charge in [0, 0.05) is 25.4 Å². The lowest BCUT2D eigenvalue weighted by Crippen LogP contribution is -2.41. The topological polar surface area (TPSA) is 79.7 Å². The summed E-state index contributed by atoms with van der Waals surface area (Å²) in [5.41, 5.74) is -0.445. The molecule has 1 aliphatic rings. The minimum atomic E-state index is -4.58. The Morgan fingerprint density at radius 1 is 1.28 bits per heavy atom. The van der Waals surface area contributed by atoms with Crippen LogP contribution in [0.5, 0.6) is 0 Å². The monoisotopic (exact) mass is 462 g/mol. The molecule has 3 aromatic rings. The number of carbonyl (C=O) groups excluding carboxylic acids is 1. The van der Waals surface area contributed by atoms with Crippen LogP contribution in [-0.2, 0) is 13.2 Å². The first-order chi connectivity index (χ1) is 15.1. The first-order valence-corrected chi connectivity index (χ1v) is 10.2. The van der Waals surface area contributed by atoms with Crippen LogP contribution in [0.1, 0.15) is 35.7 Å². The van der Waals surface area contributed by atoms with Crippen LogP contribution in [0.25, 0.3) is 16.9 Å². The maximum Gasteiger partial charge on any atom is 0.421 e. The summed E-state index contributed by atoms with van der Waals surface area (Å²) in [6, 6.07) is 6.98. The number of benzene rings is 1. The van der Waals surface area contributed by atoms with Crippen molar-refractivity contribution in [3.8, 4) is 23.0 Å². The molecule has 0 spiro atoms. The van der Waals surface area contributed by atoms with Crippen molar-refractivity contribution in [3.05, 3.63) is 52.9 Å². The van der Waals surface area contributed by atoms with Crippen molar-refractivity contribution in [1.29, 1.82) is 5.26 Å². The molecule has 0 bridgehead atoms. The zero-order valence-corrected chi connectivity index (χ0v) is 17.9. The summed E-state index contributed by atoms with van der Waals surface area (Å²) >= 11 is 6.28. The van der Waals surface area contributed by atoms with Crippen LogP contribution in [0, 0.1) is 11.3 Å². The minimum absolute atomic E-state index is 0.219. The summed E-state index contributed by atoms with van der Waals surface area (Å²) in [5, 5.41) is 17.5. The lowest BCUT2D eigenvalue weighted by Gasteiger charge is -2.26. The molecule has 1 amide bonds. The highest BCUT2D eigenvalue weighted by atomic mass is 35.5. The summed E-state index contributed by atoms with van der Waals surface area (Å²) in [6.07, 6.45) is 0.217. The van der Waals surface area contributed by atoms with Gasteiger partial charge in [-0.2, -0.15) is 28.6 Å². The van der Waals surface area contributed by atoms with Gasteiger partial charge < -0.3 is 4.90 Å². The van der Waals surface area contributed by atoms with Gasteiger partial charge in [-0.3, -0.25) is 9.48 Å². The molecule has 32 heavy (non-hydrogen) atoms. The second-order valence-corrected chi connectivity index (χ2v) is 7.97. The molecule has 0 aliphatic heterocycles. The molecule has 2 heterocycles. The van der Waals surface area contributed by atoms with E-state index in [9.17, 15) is 23.2 Å². The molecule has 166 valence electrons. The standard InChI is InChI=1S/C21H18ClF3N6O/c1-3-30(20(12-26)6-7-20)19(32)15-8-13(4-5-17(15)22)14-9-28-31(11-14)18-16(21(23,24)25)10-27-29(18)2/h4-5,8-11H,3,6-7H2,1-2H3. The van der Waals surface area contributed by atoms with Crippen LogP contribution in [0.3, 0.4) is 0 Å². The summed E-state index contributed by atoms with van der Waals surface area (Å²) in [7, 11) is 1.40. The quantitative estimate of drug-likeness (QED) is 0.560. The smallest absolute Gasteiger partial charge is 0.320 e. The Morgan fingerprint density at radius 3 is 2.59 bits per heavy atom. The molecule has 1 fully saturated rings. The Balaban J connectivity index is 1.71. The Bertz CT molecular complexity index is 1240. The van der Waals surface area contributed by atoms with E-state index in [4.69, 9.17) is 11.6 Å². The third-order valence-electron chi connectivity index (χ3n) is 5.55. The Labute approximate surface area is 186 Å². The number of halogens is 4. The molecule has 0 atom stereocenters. The molecule has 1 aromatic carbocycles. The molecular formula is C21H18ClF3N6O. The SMILES string of the molecule is CCN(C(=O)c1cc(-c2cnn(-c3c(C(F)(F)F)cnn3C)c2)ccc1Cl)C1(C#N)CC1. The normalized spacial score (nSPS) is 14.8. The van der Waals surface area contributed by atoms with Crippen molar-refractivity contribution in [2.24, 2.45) is 7.05 Å². The molecule has 4 rings (SSSR count). The van der Waals surface area contributed by atoms with E-state index in [0.29, 0.717) is 30.5 Å². The molecule has 11 heteroatoms. The Morgan fingerprint density at radius 2 is 2.00 bits per heavy atom. The first kappa shape index (κ1) is 21.9. The first-order valence-electron chi connectivity index (χ1n) is 9.78. The number of carbonyl (C=O) groups is 1. The van der Waals surface area contributed by atoms with Crippen molar-refractivity contribution < 1.29 is 18.0 Å². The zero-order valence-electron chi connectivity index (χ0n) is 17.2. The lowest BCUT2D eigenvalue weighted by molar-refractivity contribution is -0.137. The molecule has 0 N–H and O–H groups in total. The van der Waals surface area contributed by atoms with Gasteiger partial charge in [-0.15, -0.1) is 0 Å². The average molecular weight is 463 g/mol. The summed E-state index contributed by atoms with van der Waals surface area (Å²) in [4.78, 5) is 14.7. The number of aryl methyl sites for hydroxylation is 1. The predicted octanol–water partition coefficient (Wildman–Crippen LogP) is 4.46. The molecular weight excluding hydrogens is 445 g/mol. The highest BCUT2D eigenvalue weighted by Gasteiger charge is 2.50. The van der Waals surface area contributed by atoms with Crippen molar-refractivity contribution in [3.63, 3.8) is 0 Å². The van der Waals surface area contributed by atoms with Crippen LogP contribution < -0.4 is 0 Å². The molecule has 2 aromatic heterocycles. The Hall–Kier alpha value is -3.32. The number of hydrogen-bond donors (Lipinski definition) is 0. The van der Waals surface area contributed by atoms with E-state index < -0.39 is 17.3 Å². The average Bonchev–Trinajstić information content (AvgIpc) is 3.18. The van der Waals surface area contributed by atoms with E-state index in [-0.39, 0.29) is 22.3 Å². The van der Waals surface area contributed by atoms with E-state index in [1.165, 1.54) is 24.3 Å². The fourth-order valence-electron chi connectivity index (χ4n) is 3.71. The van der Waals surface area contributed by atoms with Gasteiger partial charge in [0.25, 0.3) is 5.91 Å². The fourth-order valence-corrected chi connectivity index (χ4v) is 3.90. The number of nitrogens with zero attached hydrogens (tertiary/aromatic N) is 6. The van der Waals surface area contributed by atoms with Gasteiger partial charge in [-0.25, -0.2) is 4.68 Å². The van der Waals surface area contributed by atoms with E-state index in [1.807, 2.05) is 0 Å². The number of amides is 1. The minimum Gasteiger partial charge on any atom is -0.320 e. The van der Waals surface area contributed by atoms with Gasteiger partial charge in [-0.1, -0.05) is 17.7 Å². The second-order valence-electron chi connectivity index (χ2n) is 7.56. The number of rotatable bonds is 5. The van der Waals surface area contributed by atoms with E-state index in [2.05, 4.69) is 16.3 Å². The highest BCUT2D eigenvalue weighted by Crippen LogP contribution is 2.42. The van der Waals surface area contributed by atoms with Gasteiger partial charge in [-0.05, 0) is 37.5 Å². The maximum absolute atomic E-state index is 13.3. The predicted molar refractivity (Wildman–Crippen MR) is 110 cm³/mol. The van der Waals surface area contributed by atoms with Crippen LogP contribution in [0.4, 0.5) is 13.2 Å². The molecule has 1 aliphatic carbocycles. The number of nitriles is 1. The van der Waals surface area contributed by atoms with Crippen molar-refractivity contribution >= 4 is 17.5 Å². The van der Waals surface area contributed by atoms with Gasteiger partial charge >= 0.3 is 6.18 Å². The summed E-state index contributed by atoms with van der Waals surface area (Å²) < 4.78 is 42.2. The van der Waals surface area contributed by atoms with Crippen LogP contribution in [0.2, 0.25) is 5.02 Å². The van der Waals surface area contributed by atoms with E-state index >= 15 is 0 Å². The molecule has 0 unspecified atom stereocenters. The second kappa shape index (κ2) is 7.67. The molecule has 0 radical (unpaired) electrons. The molecule has 1 saturated carbocycles. The van der Waals surface area contributed by atoms with Gasteiger partial charge in [0.15, 0.2) is 5.82 Å². The number of aromatic nitrogens is 4. The van der Waals surface area contributed by atoms with Crippen LogP contribution >= 0.6 is 11.6 Å². The van der Waals surface area contributed by atoms with Gasteiger partial charge in [0.05, 0.1) is 29.0 Å². The Kier molecular flexibility index (Phi) is 5.25. The van der Waals surface area contributed by atoms with Crippen molar-refractivity contribution in [2.45, 2.75) is 31.5 Å². The zero-order chi connectivity index (χ0) is 23.3. The molecule has 0 saturated heterocycles. The fraction of sp³-hybridized carbons (Fsp3) is 0.333. The number of alkyl halides is 3. The van der Waals surface area contributed by atoms with Gasteiger partial charge in [0.1, 0.15) is 11.1 Å². The van der Waals surface area contributed by atoms with Crippen molar-refractivity contribution in [1.82, 2.24) is 24.5 Å². The maximum atomic E-state index is 13.3. The third-order valence-corrected chi connectivity index (χ3v) is 5.88. The summed E-state index contributed by atoms with van der Waals surface area (Å²) in [5.74, 6) is -0.590. The lowest BCUT2D eigenvalue weighted by atomic mass is 10.0. The summed E-state index contributed by atoms with van der Waals surface area (Å²) in [6.45, 7) is 2.15. The largest absolute Gasteiger partial charge is 0.421 e. The van der Waals surface area contributed by atoms with E-state index in [1.54, 1.807) is 25.1 Å². The van der Waals surface area contributed by atoms with E-state index in [0.717, 1.165) is 15.6 Å². The number of hydrogen-bond acceptors (Lipinski definition) is 4. The third kappa shape index (κ3) is 3.62. The molecule has 7 nitrogen and oxygen atoms in total. The highest BCUT2D eigenvalue weighted by molar-refractivity contribution is 6.34. The van der Waals surface area contributed by atoms with Crippen LogP contribution in [-0.4, -0.2) is 42.5 Å². The van der Waals surface area contributed by atoms with Crippen molar-refractivity contribution in [2.75, 3.05) is 6.54 Å².